The maximum Gasteiger partial charge on any atom is 0.301 e. The molecule has 178 valence electrons. The highest BCUT2D eigenvalue weighted by atomic mass is 32.2. The minimum absolute atomic E-state index is 0.550. The predicted molar refractivity (Wildman–Crippen MR) is 137 cm³/mol. The van der Waals surface area contributed by atoms with Gasteiger partial charge in [0.15, 0.2) is 0 Å². The molecule has 2 aliphatic heterocycles. The van der Waals surface area contributed by atoms with E-state index in [2.05, 4.69) is 28.7 Å². The molecule has 4 rings (SSSR count). The third-order valence-electron chi connectivity index (χ3n) is 7.22. The van der Waals surface area contributed by atoms with Crippen LogP contribution < -0.4 is 4.72 Å². The van der Waals surface area contributed by atoms with Crippen LogP contribution in [0.1, 0.15) is 81.6 Å². The molecule has 2 atom stereocenters. The van der Waals surface area contributed by atoms with E-state index < -0.39 is 10.2 Å². The summed E-state index contributed by atoms with van der Waals surface area (Å²) >= 11 is 1.85. The summed E-state index contributed by atoms with van der Waals surface area (Å²) < 4.78 is 31.7. The first-order valence-corrected chi connectivity index (χ1v) is 14.7. The van der Waals surface area contributed by atoms with Crippen molar-refractivity contribution in [2.75, 3.05) is 30.9 Å². The summed E-state index contributed by atoms with van der Waals surface area (Å²) in [5, 5.41) is 1.25. The standard InChI is InChI=1S/C25H39N3O2S2/c1-4-14-28(15-5-2)32(29,30)26-21-10-12-24-23(18-21)25(19(3)31-24)20-9-11-22-8-6-7-16-27(22)17-13-20/h10,12,18,20,22,26H,4-9,11,13-17H2,1-3H3. The molecule has 1 N–H and O–H groups in total. The van der Waals surface area contributed by atoms with Crippen LogP contribution in [-0.2, 0) is 10.2 Å². The van der Waals surface area contributed by atoms with Gasteiger partial charge in [-0.1, -0.05) is 20.3 Å². The molecule has 3 heterocycles. The maximum atomic E-state index is 13.0. The number of piperidine rings is 1. The fourth-order valence-electron chi connectivity index (χ4n) is 5.70. The fraction of sp³-hybridized carbons (Fsp3) is 0.680. The Labute approximate surface area is 198 Å². The SMILES string of the molecule is CCCN(CCC)S(=O)(=O)Nc1ccc2sc(C)c(C3CCC4CCCCN4CC3)c2c1. The Morgan fingerprint density at radius 3 is 2.59 bits per heavy atom. The fourth-order valence-corrected chi connectivity index (χ4v) is 8.24. The molecule has 1 aromatic heterocycles. The number of hydrogen-bond donors (Lipinski definition) is 1. The summed E-state index contributed by atoms with van der Waals surface area (Å²) in [5.74, 6) is 0.567. The van der Waals surface area contributed by atoms with Crippen LogP contribution in [0, 0.1) is 6.92 Å². The van der Waals surface area contributed by atoms with E-state index >= 15 is 0 Å². The van der Waals surface area contributed by atoms with Gasteiger partial charge < -0.3 is 4.90 Å². The van der Waals surface area contributed by atoms with Gasteiger partial charge in [-0.2, -0.15) is 12.7 Å². The van der Waals surface area contributed by atoms with E-state index in [1.165, 1.54) is 72.1 Å². The van der Waals surface area contributed by atoms with E-state index in [9.17, 15) is 8.42 Å². The maximum absolute atomic E-state index is 13.0. The van der Waals surface area contributed by atoms with Gasteiger partial charge in [0.05, 0.1) is 5.69 Å². The van der Waals surface area contributed by atoms with Gasteiger partial charge in [0, 0.05) is 28.7 Å². The zero-order valence-corrected chi connectivity index (χ0v) is 21.5. The van der Waals surface area contributed by atoms with Gasteiger partial charge in [0.2, 0.25) is 0 Å². The van der Waals surface area contributed by atoms with Crippen molar-refractivity contribution in [2.45, 2.75) is 84.1 Å². The summed E-state index contributed by atoms with van der Waals surface area (Å²) in [6.07, 6.45) is 9.44. The first-order chi connectivity index (χ1) is 15.4. The lowest BCUT2D eigenvalue weighted by atomic mass is 9.88. The van der Waals surface area contributed by atoms with Gasteiger partial charge in [0.25, 0.3) is 0 Å². The second kappa shape index (κ2) is 10.4. The highest BCUT2D eigenvalue weighted by Gasteiger charge is 2.30. The van der Waals surface area contributed by atoms with Crippen molar-refractivity contribution in [3.8, 4) is 0 Å². The van der Waals surface area contributed by atoms with Crippen molar-refractivity contribution in [3.05, 3.63) is 28.6 Å². The van der Waals surface area contributed by atoms with Crippen LogP contribution in [0.15, 0.2) is 18.2 Å². The summed E-state index contributed by atoms with van der Waals surface area (Å²) in [6.45, 7) is 9.84. The Kier molecular flexibility index (Phi) is 7.81. The first kappa shape index (κ1) is 24.0. The molecule has 2 aromatic rings. The Morgan fingerprint density at radius 1 is 1.06 bits per heavy atom. The molecule has 1 aromatic carbocycles. The number of nitrogens with one attached hydrogen (secondary N) is 1. The molecule has 7 heteroatoms. The van der Waals surface area contributed by atoms with Gasteiger partial charge in [-0.3, -0.25) is 4.72 Å². The predicted octanol–water partition coefficient (Wildman–Crippen LogP) is 6.11. The third kappa shape index (κ3) is 5.16. The largest absolute Gasteiger partial charge is 0.301 e. The number of anilines is 1. The van der Waals surface area contributed by atoms with Crippen LogP contribution in [0.5, 0.6) is 0 Å². The number of nitrogens with zero attached hydrogens (tertiary/aromatic N) is 2. The quantitative estimate of drug-likeness (QED) is 0.499. The van der Waals surface area contributed by atoms with Crippen molar-refractivity contribution in [3.63, 3.8) is 0 Å². The molecule has 2 aliphatic rings. The smallest absolute Gasteiger partial charge is 0.300 e. The number of rotatable bonds is 8. The Balaban J connectivity index is 1.60. The van der Waals surface area contributed by atoms with Crippen LogP contribution in [-0.4, -0.2) is 49.8 Å². The molecule has 0 bridgehead atoms. The van der Waals surface area contributed by atoms with Gasteiger partial charge >= 0.3 is 10.2 Å². The number of thiophene rings is 1. The van der Waals surface area contributed by atoms with Crippen LogP contribution >= 0.6 is 11.3 Å². The van der Waals surface area contributed by atoms with Crippen LogP contribution in [0.2, 0.25) is 0 Å². The van der Waals surface area contributed by atoms with Crippen molar-refractivity contribution >= 4 is 37.3 Å². The van der Waals surface area contributed by atoms with Crippen molar-refractivity contribution in [2.24, 2.45) is 0 Å². The van der Waals surface area contributed by atoms with Gasteiger partial charge in [-0.05, 0) is 100 Å². The molecule has 2 saturated heterocycles. The Bertz CT molecular complexity index is 996. The summed E-state index contributed by atoms with van der Waals surface area (Å²) in [4.78, 5) is 4.12. The highest BCUT2D eigenvalue weighted by molar-refractivity contribution is 7.90. The van der Waals surface area contributed by atoms with Gasteiger partial charge in [-0.25, -0.2) is 0 Å². The number of aryl methyl sites for hydroxylation is 1. The highest BCUT2D eigenvalue weighted by Crippen LogP contribution is 2.42. The second-order valence-electron chi connectivity index (χ2n) is 9.54. The number of fused-ring (bicyclic) bond motifs is 2. The van der Waals surface area contributed by atoms with E-state index in [1.54, 1.807) is 4.31 Å². The molecule has 0 radical (unpaired) electrons. The molecule has 0 saturated carbocycles. The van der Waals surface area contributed by atoms with E-state index in [0.29, 0.717) is 24.7 Å². The average Bonchev–Trinajstić information content (AvgIpc) is 2.95. The van der Waals surface area contributed by atoms with Crippen molar-refractivity contribution < 1.29 is 8.42 Å². The second-order valence-corrected chi connectivity index (χ2v) is 12.5. The molecular formula is C25H39N3O2S2. The molecule has 2 unspecified atom stereocenters. The number of benzene rings is 1. The van der Waals surface area contributed by atoms with E-state index in [4.69, 9.17) is 0 Å². The summed E-state index contributed by atoms with van der Waals surface area (Å²) in [5.41, 5.74) is 2.14. The van der Waals surface area contributed by atoms with Crippen LogP contribution in [0.3, 0.4) is 0 Å². The zero-order chi connectivity index (χ0) is 22.7. The Morgan fingerprint density at radius 2 is 1.84 bits per heavy atom. The molecule has 5 nitrogen and oxygen atoms in total. The van der Waals surface area contributed by atoms with Gasteiger partial charge in [0.1, 0.15) is 0 Å². The van der Waals surface area contributed by atoms with Crippen molar-refractivity contribution in [1.82, 2.24) is 9.21 Å². The van der Waals surface area contributed by atoms with Gasteiger partial charge in [-0.15, -0.1) is 11.3 Å². The van der Waals surface area contributed by atoms with Crippen LogP contribution in [0.4, 0.5) is 5.69 Å². The lowest BCUT2D eigenvalue weighted by Crippen LogP contribution is -2.38. The molecule has 32 heavy (non-hydrogen) atoms. The van der Waals surface area contributed by atoms with Crippen LogP contribution in [0.25, 0.3) is 10.1 Å². The average molecular weight is 478 g/mol. The third-order valence-corrected chi connectivity index (χ3v) is 9.86. The minimum atomic E-state index is -3.54. The topological polar surface area (TPSA) is 52.7 Å². The van der Waals surface area contributed by atoms with E-state index in [-0.39, 0.29) is 0 Å². The molecular weight excluding hydrogens is 438 g/mol. The van der Waals surface area contributed by atoms with Crippen molar-refractivity contribution in [1.29, 1.82) is 0 Å². The molecule has 0 amide bonds. The molecule has 0 spiro atoms. The molecule has 2 fully saturated rings. The van der Waals surface area contributed by atoms with E-state index in [0.717, 1.165) is 18.9 Å². The lowest BCUT2D eigenvalue weighted by molar-refractivity contribution is 0.151. The number of hydrogen-bond acceptors (Lipinski definition) is 4. The zero-order valence-electron chi connectivity index (χ0n) is 19.9. The summed E-state index contributed by atoms with van der Waals surface area (Å²) in [7, 11) is -3.54. The van der Waals surface area contributed by atoms with E-state index in [1.807, 2.05) is 31.3 Å². The normalized spacial score (nSPS) is 22.8. The minimum Gasteiger partial charge on any atom is -0.300 e. The molecule has 0 aliphatic carbocycles. The lowest BCUT2D eigenvalue weighted by Gasteiger charge is -2.33. The summed E-state index contributed by atoms with van der Waals surface area (Å²) in [6, 6.07) is 6.87. The first-order valence-electron chi connectivity index (χ1n) is 12.5. The monoisotopic (exact) mass is 477 g/mol. The Hall–Kier alpha value is -1.15.